The van der Waals surface area contributed by atoms with Crippen molar-refractivity contribution in [1.82, 2.24) is 29.5 Å². The number of rotatable bonds is 7. The molecule has 1 amide bonds. The van der Waals surface area contributed by atoms with Crippen LogP contribution in [0.4, 0.5) is 10.5 Å². The standard InChI is InChI=1S/C22H29N7O3/c1-15-12-16(23-9-11-27(2)3)7-8-18(15)29-20-17(13-26-29)21(25-14-24-20)32-19-6-4-5-10-28(19)22(30)31/h7-8,12-14,19,23H,4-6,9-11H2,1-3H3,(H,30,31). The number of carbonyl (C=O) groups is 1. The molecule has 0 spiro atoms. The molecule has 32 heavy (non-hydrogen) atoms. The Morgan fingerprint density at radius 1 is 1.31 bits per heavy atom. The lowest BCUT2D eigenvalue weighted by Gasteiger charge is -2.33. The summed E-state index contributed by atoms with van der Waals surface area (Å²) in [5.74, 6) is 0.346. The molecule has 1 aromatic carbocycles. The number of carboxylic acid groups (broad SMARTS) is 1. The van der Waals surface area contributed by atoms with Gasteiger partial charge in [-0.15, -0.1) is 0 Å². The van der Waals surface area contributed by atoms with Crippen LogP contribution < -0.4 is 10.1 Å². The molecule has 0 bridgehead atoms. The SMILES string of the molecule is Cc1cc(NCCN(C)C)ccc1-n1ncc2c(OC3CCCCN3C(=O)O)ncnc21. The molecule has 10 heteroatoms. The molecule has 170 valence electrons. The third-order valence-corrected chi connectivity index (χ3v) is 5.58. The van der Waals surface area contributed by atoms with E-state index in [-0.39, 0.29) is 0 Å². The van der Waals surface area contributed by atoms with Gasteiger partial charge in [0.2, 0.25) is 5.88 Å². The summed E-state index contributed by atoms with van der Waals surface area (Å²) in [6.45, 7) is 4.30. The second-order valence-corrected chi connectivity index (χ2v) is 8.25. The summed E-state index contributed by atoms with van der Waals surface area (Å²) < 4.78 is 7.79. The first kappa shape index (κ1) is 21.8. The summed E-state index contributed by atoms with van der Waals surface area (Å²) in [4.78, 5) is 23.7. The fourth-order valence-electron chi connectivity index (χ4n) is 3.89. The molecular formula is C22H29N7O3. The number of nitrogens with one attached hydrogen (secondary N) is 1. The van der Waals surface area contributed by atoms with Gasteiger partial charge in [0.05, 0.1) is 11.9 Å². The minimum atomic E-state index is -0.981. The molecule has 0 aliphatic carbocycles. The lowest BCUT2D eigenvalue weighted by Crippen LogP contribution is -2.46. The predicted molar refractivity (Wildman–Crippen MR) is 121 cm³/mol. The summed E-state index contributed by atoms with van der Waals surface area (Å²) in [5.41, 5.74) is 3.63. The van der Waals surface area contributed by atoms with Gasteiger partial charge in [-0.25, -0.2) is 19.4 Å². The van der Waals surface area contributed by atoms with E-state index in [0.29, 0.717) is 29.9 Å². The number of ether oxygens (including phenoxy) is 1. The first-order valence-corrected chi connectivity index (χ1v) is 10.8. The summed E-state index contributed by atoms with van der Waals surface area (Å²) in [6, 6.07) is 6.12. The van der Waals surface area contributed by atoms with Gasteiger partial charge >= 0.3 is 6.09 Å². The lowest BCUT2D eigenvalue weighted by atomic mass is 10.1. The highest BCUT2D eigenvalue weighted by molar-refractivity contribution is 5.81. The molecule has 1 atom stereocenters. The highest BCUT2D eigenvalue weighted by Crippen LogP contribution is 2.28. The van der Waals surface area contributed by atoms with Crippen LogP contribution in [0, 0.1) is 6.92 Å². The maximum absolute atomic E-state index is 11.6. The number of likely N-dealkylation sites (N-methyl/N-ethyl adjacent to an activating group) is 1. The summed E-state index contributed by atoms with van der Waals surface area (Å²) in [7, 11) is 4.10. The number of piperidine rings is 1. The van der Waals surface area contributed by atoms with Crippen molar-refractivity contribution in [2.45, 2.75) is 32.4 Å². The van der Waals surface area contributed by atoms with Gasteiger partial charge in [0.1, 0.15) is 11.7 Å². The molecular weight excluding hydrogens is 410 g/mol. The summed E-state index contributed by atoms with van der Waals surface area (Å²) in [5, 5.41) is 18.1. The third kappa shape index (κ3) is 4.59. The second kappa shape index (κ2) is 9.39. The summed E-state index contributed by atoms with van der Waals surface area (Å²) in [6.07, 6.45) is 3.94. The van der Waals surface area contributed by atoms with Crippen LogP contribution in [-0.4, -0.2) is 80.7 Å². The maximum Gasteiger partial charge on any atom is 0.410 e. The molecule has 2 aromatic heterocycles. The number of likely N-dealkylation sites (tertiary alicyclic amines) is 1. The third-order valence-electron chi connectivity index (χ3n) is 5.58. The molecule has 0 saturated carbocycles. The van der Waals surface area contributed by atoms with Crippen molar-refractivity contribution >= 4 is 22.8 Å². The van der Waals surface area contributed by atoms with Gasteiger partial charge in [-0.2, -0.15) is 5.10 Å². The van der Waals surface area contributed by atoms with Crippen molar-refractivity contribution in [2.75, 3.05) is 39.0 Å². The number of hydrogen-bond acceptors (Lipinski definition) is 7. The Bertz CT molecular complexity index is 1100. The molecule has 2 N–H and O–H groups in total. The Morgan fingerprint density at radius 3 is 2.91 bits per heavy atom. The van der Waals surface area contributed by atoms with Gasteiger partial charge in [0.15, 0.2) is 11.9 Å². The van der Waals surface area contributed by atoms with E-state index in [4.69, 9.17) is 4.74 Å². The van der Waals surface area contributed by atoms with Crippen molar-refractivity contribution in [1.29, 1.82) is 0 Å². The van der Waals surface area contributed by atoms with Crippen LogP contribution >= 0.6 is 0 Å². The molecule has 1 unspecified atom stereocenters. The molecule has 4 rings (SSSR count). The Balaban J connectivity index is 1.58. The first-order chi connectivity index (χ1) is 15.4. The number of anilines is 1. The minimum absolute atomic E-state index is 0.346. The first-order valence-electron chi connectivity index (χ1n) is 10.8. The van der Waals surface area contributed by atoms with Gasteiger partial charge in [-0.05, 0) is 57.6 Å². The average Bonchev–Trinajstić information content (AvgIpc) is 3.19. The quantitative estimate of drug-likeness (QED) is 0.578. The number of nitrogens with zero attached hydrogens (tertiary/aromatic N) is 6. The van der Waals surface area contributed by atoms with E-state index >= 15 is 0 Å². The highest BCUT2D eigenvalue weighted by atomic mass is 16.5. The van der Waals surface area contributed by atoms with Crippen molar-refractivity contribution in [3.05, 3.63) is 36.3 Å². The molecule has 10 nitrogen and oxygen atoms in total. The predicted octanol–water partition coefficient (Wildman–Crippen LogP) is 2.97. The normalized spacial score (nSPS) is 16.5. The topological polar surface area (TPSA) is 109 Å². The smallest absolute Gasteiger partial charge is 0.410 e. The zero-order valence-electron chi connectivity index (χ0n) is 18.7. The number of amides is 1. The van der Waals surface area contributed by atoms with Gasteiger partial charge in [-0.3, -0.25) is 4.90 Å². The van der Waals surface area contributed by atoms with Crippen molar-refractivity contribution in [3.63, 3.8) is 0 Å². The van der Waals surface area contributed by atoms with Gasteiger partial charge in [-0.1, -0.05) is 0 Å². The Labute approximate surface area is 186 Å². The van der Waals surface area contributed by atoms with Crippen molar-refractivity contribution < 1.29 is 14.6 Å². The van der Waals surface area contributed by atoms with E-state index in [2.05, 4.69) is 31.3 Å². The van der Waals surface area contributed by atoms with E-state index < -0.39 is 12.3 Å². The number of aromatic nitrogens is 4. The summed E-state index contributed by atoms with van der Waals surface area (Å²) >= 11 is 0. The highest BCUT2D eigenvalue weighted by Gasteiger charge is 2.29. The molecule has 0 radical (unpaired) electrons. The van der Waals surface area contributed by atoms with E-state index in [9.17, 15) is 9.90 Å². The number of hydrogen-bond donors (Lipinski definition) is 2. The van der Waals surface area contributed by atoms with Gasteiger partial charge in [0.25, 0.3) is 0 Å². The Morgan fingerprint density at radius 2 is 2.16 bits per heavy atom. The molecule has 1 aliphatic rings. The van der Waals surface area contributed by atoms with Crippen LogP contribution in [0.15, 0.2) is 30.7 Å². The largest absolute Gasteiger partial charge is 0.465 e. The fourth-order valence-corrected chi connectivity index (χ4v) is 3.89. The maximum atomic E-state index is 11.6. The van der Waals surface area contributed by atoms with E-state index in [1.165, 1.54) is 11.2 Å². The molecule has 3 heterocycles. The fraction of sp³-hybridized carbons (Fsp3) is 0.455. The van der Waals surface area contributed by atoms with Crippen LogP contribution in [0.5, 0.6) is 5.88 Å². The zero-order chi connectivity index (χ0) is 22.7. The van der Waals surface area contributed by atoms with Gasteiger partial charge < -0.3 is 20.1 Å². The van der Waals surface area contributed by atoms with Crippen LogP contribution in [-0.2, 0) is 0 Å². The molecule has 1 aliphatic heterocycles. The number of aryl methyl sites for hydroxylation is 1. The Kier molecular flexibility index (Phi) is 6.40. The second-order valence-electron chi connectivity index (χ2n) is 8.25. The lowest BCUT2D eigenvalue weighted by molar-refractivity contribution is 0.00430. The minimum Gasteiger partial charge on any atom is -0.465 e. The monoisotopic (exact) mass is 439 g/mol. The Hall–Kier alpha value is -3.40. The van der Waals surface area contributed by atoms with Crippen LogP contribution in [0.1, 0.15) is 24.8 Å². The van der Waals surface area contributed by atoms with Crippen molar-refractivity contribution in [2.24, 2.45) is 0 Å². The van der Waals surface area contributed by atoms with Gasteiger partial charge in [0, 0.05) is 31.7 Å². The van der Waals surface area contributed by atoms with Crippen LogP contribution in [0.2, 0.25) is 0 Å². The zero-order valence-corrected chi connectivity index (χ0v) is 18.7. The van der Waals surface area contributed by atoms with E-state index in [1.807, 2.05) is 33.2 Å². The van der Waals surface area contributed by atoms with Crippen LogP contribution in [0.3, 0.4) is 0 Å². The van der Waals surface area contributed by atoms with Crippen molar-refractivity contribution in [3.8, 4) is 11.6 Å². The number of benzene rings is 1. The number of fused-ring (bicyclic) bond motifs is 1. The molecule has 3 aromatic rings. The van der Waals surface area contributed by atoms with E-state index in [0.717, 1.165) is 42.9 Å². The van der Waals surface area contributed by atoms with E-state index in [1.54, 1.807) is 10.9 Å². The average molecular weight is 440 g/mol. The van der Waals surface area contributed by atoms with Crippen LogP contribution in [0.25, 0.3) is 16.7 Å². The molecule has 1 fully saturated rings. The molecule has 1 saturated heterocycles.